The summed E-state index contributed by atoms with van der Waals surface area (Å²) in [6, 6.07) is 4.36. The van der Waals surface area contributed by atoms with E-state index in [2.05, 4.69) is 0 Å². The quantitative estimate of drug-likeness (QED) is 0.420. The first-order valence-electron chi connectivity index (χ1n) is 6.82. The number of nitro benzene ring substituents is 1. The van der Waals surface area contributed by atoms with Crippen LogP contribution in [0.25, 0.3) is 0 Å². The molecule has 0 aliphatic heterocycles. The normalized spacial score (nSPS) is 10.2. The molecule has 6 nitrogen and oxygen atoms in total. The van der Waals surface area contributed by atoms with Crippen LogP contribution in [0.15, 0.2) is 18.2 Å². The summed E-state index contributed by atoms with van der Waals surface area (Å²) in [4.78, 5) is 24.7. The van der Waals surface area contributed by atoms with Gasteiger partial charge in [0.25, 0.3) is 5.91 Å². The van der Waals surface area contributed by atoms with E-state index >= 15 is 0 Å². The molecule has 0 aliphatic rings. The van der Waals surface area contributed by atoms with E-state index < -0.39 is 4.92 Å². The minimum atomic E-state index is -0.545. The standard InChI is InChI=1S/C14H19ClN2O4/c1-3-16(10-6-9-15)14(18)11-7-5-8-12(17(19)20)13(11)21-4-2/h5,7-8H,3-4,6,9-10H2,1-2H3. The van der Waals surface area contributed by atoms with E-state index in [4.69, 9.17) is 16.3 Å². The van der Waals surface area contributed by atoms with Crippen molar-refractivity contribution in [2.45, 2.75) is 20.3 Å². The maximum atomic E-state index is 12.5. The Bertz CT molecular complexity index is 508. The average molecular weight is 315 g/mol. The molecule has 21 heavy (non-hydrogen) atoms. The lowest BCUT2D eigenvalue weighted by molar-refractivity contribution is -0.385. The predicted octanol–water partition coefficient (Wildman–Crippen LogP) is 3.08. The zero-order valence-electron chi connectivity index (χ0n) is 12.2. The molecule has 116 valence electrons. The van der Waals surface area contributed by atoms with Gasteiger partial charge in [0.2, 0.25) is 5.75 Å². The third-order valence-electron chi connectivity index (χ3n) is 2.94. The summed E-state index contributed by atoms with van der Waals surface area (Å²) < 4.78 is 5.33. The number of ether oxygens (including phenoxy) is 1. The number of carbonyl (C=O) groups is 1. The van der Waals surface area contributed by atoms with Crippen molar-refractivity contribution >= 4 is 23.2 Å². The molecule has 0 spiro atoms. The lowest BCUT2D eigenvalue weighted by Crippen LogP contribution is -2.32. The largest absolute Gasteiger partial charge is 0.487 e. The summed E-state index contributed by atoms with van der Waals surface area (Å²) in [5.41, 5.74) is 0.0126. The number of rotatable bonds is 8. The minimum absolute atomic E-state index is 0.0272. The lowest BCUT2D eigenvalue weighted by Gasteiger charge is -2.21. The SMILES string of the molecule is CCOc1c(C(=O)N(CC)CCCCl)cccc1[N+](=O)[O-]. The second kappa shape index (κ2) is 8.46. The van der Waals surface area contributed by atoms with E-state index in [0.29, 0.717) is 25.4 Å². The fraction of sp³-hybridized carbons (Fsp3) is 0.500. The van der Waals surface area contributed by atoms with Gasteiger partial charge in [0.05, 0.1) is 17.1 Å². The van der Waals surface area contributed by atoms with Crippen molar-refractivity contribution in [1.29, 1.82) is 0 Å². The van der Waals surface area contributed by atoms with Crippen molar-refractivity contribution in [3.63, 3.8) is 0 Å². The number of halogens is 1. The Morgan fingerprint density at radius 2 is 2.14 bits per heavy atom. The zero-order chi connectivity index (χ0) is 15.8. The smallest absolute Gasteiger partial charge is 0.311 e. The molecule has 0 heterocycles. The Kier molecular flexibility index (Phi) is 6.94. The fourth-order valence-corrected chi connectivity index (χ4v) is 2.08. The number of carbonyl (C=O) groups excluding carboxylic acids is 1. The second-order valence-corrected chi connectivity index (χ2v) is 4.65. The van der Waals surface area contributed by atoms with Crippen molar-refractivity contribution in [3.8, 4) is 5.75 Å². The third kappa shape index (κ3) is 4.32. The van der Waals surface area contributed by atoms with Crippen LogP contribution in [0.2, 0.25) is 0 Å². The highest BCUT2D eigenvalue weighted by Crippen LogP contribution is 2.31. The molecule has 7 heteroatoms. The molecule has 0 saturated carbocycles. The number of amides is 1. The van der Waals surface area contributed by atoms with Gasteiger partial charge in [-0.1, -0.05) is 6.07 Å². The van der Waals surface area contributed by atoms with Gasteiger partial charge in [0.1, 0.15) is 0 Å². The molecule has 1 aromatic rings. The molecule has 0 aromatic heterocycles. The van der Waals surface area contributed by atoms with E-state index in [1.807, 2.05) is 6.92 Å². The van der Waals surface area contributed by atoms with Crippen LogP contribution in [-0.2, 0) is 0 Å². The highest BCUT2D eigenvalue weighted by molar-refractivity contribution is 6.17. The van der Waals surface area contributed by atoms with E-state index in [1.54, 1.807) is 17.9 Å². The highest BCUT2D eigenvalue weighted by atomic mass is 35.5. The van der Waals surface area contributed by atoms with E-state index in [9.17, 15) is 14.9 Å². The Labute approximate surface area is 128 Å². The van der Waals surface area contributed by atoms with Gasteiger partial charge in [-0.2, -0.15) is 0 Å². The predicted molar refractivity (Wildman–Crippen MR) is 81.2 cm³/mol. The molecule has 1 amide bonds. The Morgan fingerprint density at radius 3 is 2.67 bits per heavy atom. The fourth-order valence-electron chi connectivity index (χ4n) is 1.96. The van der Waals surface area contributed by atoms with Gasteiger partial charge in [-0.05, 0) is 26.3 Å². The molecule has 0 fully saturated rings. The van der Waals surface area contributed by atoms with Crippen LogP contribution in [-0.4, -0.2) is 41.3 Å². The van der Waals surface area contributed by atoms with Gasteiger partial charge in [0.15, 0.2) is 0 Å². The average Bonchev–Trinajstić information content (AvgIpc) is 2.48. The maximum absolute atomic E-state index is 12.5. The molecule has 0 atom stereocenters. The number of benzene rings is 1. The summed E-state index contributed by atoms with van der Waals surface area (Å²) in [6.07, 6.45) is 0.667. The highest BCUT2D eigenvalue weighted by Gasteiger charge is 2.25. The molecule has 1 rings (SSSR count). The van der Waals surface area contributed by atoms with Crippen LogP contribution >= 0.6 is 11.6 Å². The van der Waals surface area contributed by atoms with E-state index in [-0.39, 0.29) is 29.5 Å². The third-order valence-corrected chi connectivity index (χ3v) is 3.21. The summed E-state index contributed by atoms with van der Waals surface area (Å²) in [5, 5.41) is 11.1. The van der Waals surface area contributed by atoms with Crippen LogP contribution in [0, 0.1) is 10.1 Å². The van der Waals surface area contributed by atoms with Crippen molar-refractivity contribution in [2.75, 3.05) is 25.6 Å². The van der Waals surface area contributed by atoms with Gasteiger partial charge in [-0.3, -0.25) is 14.9 Å². The second-order valence-electron chi connectivity index (χ2n) is 4.27. The van der Waals surface area contributed by atoms with Gasteiger partial charge in [-0.15, -0.1) is 11.6 Å². The van der Waals surface area contributed by atoms with Crippen LogP contribution in [0.5, 0.6) is 5.75 Å². The van der Waals surface area contributed by atoms with Gasteiger partial charge in [-0.25, -0.2) is 0 Å². The Hall–Kier alpha value is -1.82. The molecule has 0 N–H and O–H groups in total. The lowest BCUT2D eigenvalue weighted by atomic mass is 10.1. The minimum Gasteiger partial charge on any atom is -0.487 e. The van der Waals surface area contributed by atoms with Crippen LogP contribution < -0.4 is 4.74 Å². The van der Waals surface area contributed by atoms with Crippen molar-refractivity contribution in [1.82, 2.24) is 4.90 Å². The Balaban J connectivity index is 3.18. The van der Waals surface area contributed by atoms with Crippen LogP contribution in [0.1, 0.15) is 30.6 Å². The molecule has 0 aliphatic carbocycles. The van der Waals surface area contributed by atoms with Crippen molar-refractivity contribution < 1.29 is 14.5 Å². The summed E-state index contributed by atoms with van der Waals surface area (Å²) in [6.45, 7) is 4.83. The van der Waals surface area contributed by atoms with E-state index in [0.717, 1.165) is 0 Å². The number of nitrogens with zero attached hydrogens (tertiary/aromatic N) is 2. The molecular formula is C14H19ClN2O4. The number of nitro groups is 1. The van der Waals surface area contributed by atoms with Gasteiger partial charge >= 0.3 is 5.69 Å². The first-order chi connectivity index (χ1) is 10.1. The summed E-state index contributed by atoms with van der Waals surface area (Å²) >= 11 is 5.65. The van der Waals surface area contributed by atoms with E-state index in [1.165, 1.54) is 12.1 Å². The zero-order valence-corrected chi connectivity index (χ0v) is 12.9. The maximum Gasteiger partial charge on any atom is 0.311 e. The van der Waals surface area contributed by atoms with Gasteiger partial charge < -0.3 is 9.64 Å². The summed E-state index contributed by atoms with van der Waals surface area (Å²) in [7, 11) is 0. The van der Waals surface area contributed by atoms with Crippen molar-refractivity contribution in [2.24, 2.45) is 0 Å². The number of alkyl halides is 1. The topological polar surface area (TPSA) is 72.7 Å². The molecule has 1 aromatic carbocycles. The summed E-state index contributed by atoms with van der Waals surface area (Å²) in [5.74, 6) is 0.200. The number of hydrogen-bond donors (Lipinski definition) is 0. The van der Waals surface area contributed by atoms with Crippen LogP contribution in [0.4, 0.5) is 5.69 Å². The first kappa shape index (κ1) is 17.2. The molecule has 0 saturated heterocycles. The monoisotopic (exact) mass is 314 g/mol. The first-order valence-corrected chi connectivity index (χ1v) is 7.35. The Morgan fingerprint density at radius 1 is 1.43 bits per heavy atom. The number of hydrogen-bond acceptors (Lipinski definition) is 4. The molecule has 0 unspecified atom stereocenters. The molecule has 0 radical (unpaired) electrons. The van der Waals surface area contributed by atoms with Gasteiger partial charge in [0, 0.05) is 25.0 Å². The number of para-hydroxylation sites is 1. The molecular weight excluding hydrogens is 296 g/mol. The molecule has 0 bridgehead atoms. The van der Waals surface area contributed by atoms with Crippen molar-refractivity contribution in [3.05, 3.63) is 33.9 Å². The van der Waals surface area contributed by atoms with Crippen LogP contribution in [0.3, 0.4) is 0 Å².